The zero-order valence-corrected chi connectivity index (χ0v) is 18.1. The van der Waals surface area contributed by atoms with Gasteiger partial charge in [0.05, 0.1) is 4.90 Å². The zero-order chi connectivity index (χ0) is 21.5. The van der Waals surface area contributed by atoms with E-state index in [0.717, 1.165) is 34.0 Å². The highest BCUT2D eigenvalue weighted by Crippen LogP contribution is 2.33. The third-order valence-electron chi connectivity index (χ3n) is 5.82. The lowest BCUT2D eigenvalue weighted by atomic mass is 10.0. The van der Waals surface area contributed by atoms with Gasteiger partial charge in [0.1, 0.15) is 12.2 Å². The Balaban J connectivity index is 1.60. The Morgan fingerprint density at radius 1 is 1.13 bits per heavy atom. The highest BCUT2D eigenvalue weighted by atomic mass is 32.2. The average Bonchev–Trinajstić information content (AvgIpc) is 3.31. The molecule has 1 fully saturated rings. The first-order valence-electron chi connectivity index (χ1n) is 10.4. The van der Waals surface area contributed by atoms with Crippen molar-refractivity contribution in [1.82, 2.24) is 4.31 Å². The van der Waals surface area contributed by atoms with E-state index in [1.165, 1.54) is 0 Å². The van der Waals surface area contributed by atoms with Crippen LogP contribution >= 0.6 is 0 Å². The standard InChI is InChI=1S/C23H27FN2O3S/c1-16(2)13-17-7-9-20(10-8-17)30(28,29)26-15-19(24)14-22(26)23(27)25-12-11-18-5-3-4-6-21(18)25/h3-10,16,19,22H,11-15H2,1-2H3/t19-,22-/m0/s1. The molecule has 2 aromatic carbocycles. The minimum Gasteiger partial charge on any atom is -0.310 e. The summed E-state index contributed by atoms with van der Waals surface area (Å²) >= 11 is 0. The monoisotopic (exact) mass is 430 g/mol. The highest BCUT2D eigenvalue weighted by Gasteiger charge is 2.46. The number of hydrogen-bond donors (Lipinski definition) is 0. The number of hydrogen-bond acceptors (Lipinski definition) is 3. The number of alkyl halides is 1. The van der Waals surface area contributed by atoms with Gasteiger partial charge < -0.3 is 4.90 Å². The number of carbonyl (C=O) groups excluding carboxylic acids is 1. The summed E-state index contributed by atoms with van der Waals surface area (Å²) in [4.78, 5) is 15.0. The number of sulfonamides is 1. The van der Waals surface area contributed by atoms with Crippen LogP contribution in [0.25, 0.3) is 0 Å². The van der Waals surface area contributed by atoms with Crippen LogP contribution in [0, 0.1) is 5.92 Å². The minimum absolute atomic E-state index is 0.101. The Kier molecular flexibility index (Phi) is 5.68. The SMILES string of the molecule is CC(C)Cc1ccc(S(=O)(=O)N2C[C@@H](F)C[C@H]2C(=O)N2CCc3ccccc32)cc1. The fraction of sp³-hybridized carbons (Fsp3) is 0.435. The first-order valence-corrected chi connectivity index (χ1v) is 11.9. The number of carbonyl (C=O) groups is 1. The molecular weight excluding hydrogens is 403 g/mol. The predicted molar refractivity (Wildman–Crippen MR) is 115 cm³/mol. The first-order chi connectivity index (χ1) is 14.3. The Labute approximate surface area is 177 Å². The van der Waals surface area contributed by atoms with Crippen molar-refractivity contribution in [2.45, 2.75) is 50.2 Å². The summed E-state index contributed by atoms with van der Waals surface area (Å²) in [5, 5.41) is 0. The van der Waals surface area contributed by atoms with E-state index in [9.17, 15) is 17.6 Å². The molecule has 2 heterocycles. The number of fused-ring (bicyclic) bond motifs is 1. The summed E-state index contributed by atoms with van der Waals surface area (Å²) in [5.74, 6) is 0.115. The maximum Gasteiger partial charge on any atom is 0.245 e. The normalized spacial score (nSPS) is 21.9. The number of nitrogens with zero attached hydrogens (tertiary/aromatic N) is 2. The van der Waals surface area contributed by atoms with Crippen molar-refractivity contribution in [2.75, 3.05) is 18.0 Å². The molecule has 4 rings (SSSR count). The van der Waals surface area contributed by atoms with Gasteiger partial charge in [-0.25, -0.2) is 12.8 Å². The highest BCUT2D eigenvalue weighted by molar-refractivity contribution is 7.89. The van der Waals surface area contributed by atoms with Crippen molar-refractivity contribution < 1.29 is 17.6 Å². The molecule has 1 saturated heterocycles. The Morgan fingerprint density at radius 3 is 2.53 bits per heavy atom. The number of rotatable bonds is 5. The summed E-state index contributed by atoms with van der Waals surface area (Å²) < 4.78 is 42.0. The van der Waals surface area contributed by atoms with E-state index in [2.05, 4.69) is 13.8 Å². The average molecular weight is 431 g/mol. The predicted octanol–water partition coefficient (Wildman–Crippen LogP) is 3.58. The summed E-state index contributed by atoms with van der Waals surface area (Å²) in [6.45, 7) is 4.40. The number of benzene rings is 2. The summed E-state index contributed by atoms with van der Waals surface area (Å²) in [7, 11) is -3.97. The molecule has 0 bridgehead atoms. The lowest BCUT2D eigenvalue weighted by molar-refractivity contribution is -0.121. The second-order valence-corrected chi connectivity index (χ2v) is 10.4. The smallest absolute Gasteiger partial charge is 0.245 e. The van der Waals surface area contributed by atoms with Crippen LogP contribution in [0.5, 0.6) is 0 Å². The third kappa shape index (κ3) is 3.88. The van der Waals surface area contributed by atoms with Gasteiger partial charge in [-0.15, -0.1) is 0 Å². The largest absolute Gasteiger partial charge is 0.310 e. The molecule has 0 unspecified atom stereocenters. The minimum atomic E-state index is -3.97. The van der Waals surface area contributed by atoms with Crippen LogP contribution in [0.15, 0.2) is 53.4 Å². The molecule has 0 N–H and O–H groups in total. The second-order valence-electron chi connectivity index (χ2n) is 8.53. The lowest BCUT2D eigenvalue weighted by Crippen LogP contribution is -2.47. The van der Waals surface area contributed by atoms with Gasteiger partial charge in [0.2, 0.25) is 15.9 Å². The molecule has 2 aliphatic rings. The van der Waals surface area contributed by atoms with Crippen LogP contribution in [0.1, 0.15) is 31.4 Å². The first kappa shape index (κ1) is 21.0. The van der Waals surface area contributed by atoms with Gasteiger partial charge in [-0.2, -0.15) is 4.31 Å². The molecular formula is C23H27FN2O3S. The number of anilines is 1. The maximum absolute atomic E-state index is 14.3. The summed E-state index contributed by atoms with van der Waals surface area (Å²) in [5.41, 5.74) is 2.89. The van der Waals surface area contributed by atoms with Crippen LogP contribution in [0.2, 0.25) is 0 Å². The summed E-state index contributed by atoms with van der Waals surface area (Å²) in [6.07, 6.45) is 0.109. The molecule has 30 heavy (non-hydrogen) atoms. The topological polar surface area (TPSA) is 57.7 Å². The fourth-order valence-electron chi connectivity index (χ4n) is 4.40. The molecule has 0 aliphatic carbocycles. The van der Waals surface area contributed by atoms with Crippen LogP contribution in [-0.2, 0) is 27.7 Å². The van der Waals surface area contributed by atoms with Gasteiger partial charge in [0, 0.05) is 25.2 Å². The summed E-state index contributed by atoms with van der Waals surface area (Å²) in [6, 6.07) is 13.3. The van der Waals surface area contributed by atoms with E-state index in [-0.39, 0.29) is 23.8 Å². The Morgan fingerprint density at radius 2 is 1.83 bits per heavy atom. The molecule has 1 amide bonds. The van der Waals surface area contributed by atoms with Gasteiger partial charge in [-0.05, 0) is 48.1 Å². The Hall–Kier alpha value is -2.25. The molecule has 0 saturated carbocycles. The van der Waals surface area contributed by atoms with Gasteiger partial charge in [-0.1, -0.05) is 44.2 Å². The van der Waals surface area contributed by atoms with Gasteiger partial charge in [-0.3, -0.25) is 4.79 Å². The molecule has 0 radical (unpaired) electrons. The van der Waals surface area contributed by atoms with Crippen molar-refractivity contribution in [3.63, 3.8) is 0 Å². The van der Waals surface area contributed by atoms with Gasteiger partial charge in [0.25, 0.3) is 0 Å². The van der Waals surface area contributed by atoms with E-state index in [4.69, 9.17) is 0 Å². The third-order valence-corrected chi connectivity index (χ3v) is 7.71. The van der Waals surface area contributed by atoms with Crippen LogP contribution in [0.3, 0.4) is 0 Å². The van der Waals surface area contributed by atoms with E-state index in [1.807, 2.05) is 24.3 Å². The van der Waals surface area contributed by atoms with Crippen molar-refractivity contribution in [2.24, 2.45) is 5.92 Å². The Bertz CT molecular complexity index is 1040. The van der Waals surface area contributed by atoms with Gasteiger partial charge in [0.15, 0.2) is 0 Å². The van der Waals surface area contributed by atoms with Crippen molar-refractivity contribution >= 4 is 21.6 Å². The molecule has 0 spiro atoms. The lowest BCUT2D eigenvalue weighted by Gasteiger charge is -2.27. The van der Waals surface area contributed by atoms with Crippen molar-refractivity contribution in [1.29, 1.82) is 0 Å². The quantitative estimate of drug-likeness (QED) is 0.729. The molecule has 0 aromatic heterocycles. The van der Waals surface area contributed by atoms with Crippen LogP contribution in [0.4, 0.5) is 10.1 Å². The van der Waals surface area contributed by atoms with E-state index in [0.29, 0.717) is 12.5 Å². The molecule has 2 aliphatic heterocycles. The molecule has 160 valence electrons. The number of halogens is 1. The number of amides is 1. The van der Waals surface area contributed by atoms with E-state index in [1.54, 1.807) is 29.2 Å². The van der Waals surface area contributed by atoms with Gasteiger partial charge >= 0.3 is 0 Å². The van der Waals surface area contributed by atoms with E-state index < -0.39 is 22.2 Å². The zero-order valence-electron chi connectivity index (χ0n) is 17.3. The maximum atomic E-state index is 14.3. The van der Waals surface area contributed by atoms with Crippen molar-refractivity contribution in [3.8, 4) is 0 Å². The molecule has 2 atom stereocenters. The van der Waals surface area contributed by atoms with Crippen LogP contribution in [-0.4, -0.2) is 43.9 Å². The fourth-order valence-corrected chi connectivity index (χ4v) is 6.02. The van der Waals surface area contributed by atoms with Crippen LogP contribution < -0.4 is 4.90 Å². The number of para-hydroxylation sites is 1. The van der Waals surface area contributed by atoms with E-state index >= 15 is 0 Å². The van der Waals surface area contributed by atoms with Crippen molar-refractivity contribution in [3.05, 3.63) is 59.7 Å². The molecule has 2 aromatic rings. The molecule has 5 nitrogen and oxygen atoms in total. The molecule has 7 heteroatoms. The second kappa shape index (κ2) is 8.12.